The van der Waals surface area contributed by atoms with E-state index in [1.807, 2.05) is 30.3 Å². The first kappa shape index (κ1) is 13.1. The second-order valence-corrected chi connectivity index (χ2v) is 5.37. The molecule has 2 rings (SSSR count). The third-order valence-electron chi connectivity index (χ3n) is 2.39. The minimum absolute atomic E-state index is 0.455. The Hall–Kier alpha value is -1.38. The van der Waals surface area contributed by atoms with Crippen LogP contribution in [0.5, 0.6) is 0 Å². The average Bonchev–Trinajstić information content (AvgIpc) is 2.40. The number of nitrogens with one attached hydrogen (secondary N) is 1. The Morgan fingerprint density at radius 3 is 2.89 bits per heavy atom. The Morgan fingerprint density at radius 2 is 2.11 bits per heavy atom. The van der Waals surface area contributed by atoms with Gasteiger partial charge in [-0.25, -0.2) is 4.98 Å². The molecule has 90 valence electrons. The molecule has 0 atom stereocenters. The molecule has 1 aromatic carbocycles. The van der Waals surface area contributed by atoms with E-state index in [-0.39, 0.29) is 0 Å². The molecule has 0 aliphatic carbocycles. The molecule has 0 radical (unpaired) electrons. The number of benzene rings is 1. The average molecular weight is 367 g/mol. The second-order valence-electron chi connectivity index (χ2n) is 3.60. The molecule has 0 saturated heterocycles. The first-order valence-electron chi connectivity index (χ1n) is 5.23. The fourth-order valence-electron chi connectivity index (χ4n) is 1.51. The van der Waals surface area contributed by atoms with E-state index in [0.717, 1.165) is 20.2 Å². The third kappa shape index (κ3) is 3.09. The molecule has 0 saturated carbocycles. The lowest BCUT2D eigenvalue weighted by molar-refractivity contribution is 1.09. The van der Waals surface area contributed by atoms with Crippen LogP contribution in [0, 0.1) is 11.3 Å². The van der Waals surface area contributed by atoms with Crippen molar-refractivity contribution in [2.24, 2.45) is 0 Å². The van der Waals surface area contributed by atoms with Crippen molar-refractivity contribution >= 4 is 37.5 Å². The van der Waals surface area contributed by atoms with Gasteiger partial charge in [0.05, 0.1) is 0 Å². The number of hydrogen-bond donors (Lipinski definition) is 1. The number of halogens is 2. The van der Waals surface area contributed by atoms with Gasteiger partial charge in [-0.05, 0) is 40.2 Å². The van der Waals surface area contributed by atoms with Crippen molar-refractivity contribution in [3.8, 4) is 6.07 Å². The van der Waals surface area contributed by atoms with Gasteiger partial charge in [0.1, 0.15) is 11.8 Å². The van der Waals surface area contributed by atoms with Gasteiger partial charge in [0.2, 0.25) is 0 Å². The normalized spacial score (nSPS) is 9.83. The molecule has 18 heavy (non-hydrogen) atoms. The van der Waals surface area contributed by atoms with E-state index < -0.39 is 0 Å². The molecule has 0 fully saturated rings. The SMILES string of the molecule is N#Cc1ncccc1CNc1cc(Br)ccc1Br. The maximum atomic E-state index is 8.96. The van der Waals surface area contributed by atoms with Gasteiger partial charge in [-0.15, -0.1) is 0 Å². The summed E-state index contributed by atoms with van der Waals surface area (Å²) in [6.07, 6.45) is 1.62. The van der Waals surface area contributed by atoms with Crippen molar-refractivity contribution in [1.29, 1.82) is 5.26 Å². The van der Waals surface area contributed by atoms with Crippen LogP contribution in [0.15, 0.2) is 45.5 Å². The van der Waals surface area contributed by atoms with E-state index in [1.54, 1.807) is 6.20 Å². The van der Waals surface area contributed by atoms with Crippen LogP contribution < -0.4 is 5.32 Å². The first-order chi connectivity index (χ1) is 8.70. The number of nitrogens with zero attached hydrogens (tertiary/aromatic N) is 2. The molecule has 1 N–H and O–H groups in total. The zero-order valence-electron chi connectivity index (χ0n) is 9.32. The van der Waals surface area contributed by atoms with Gasteiger partial charge in [0, 0.05) is 32.9 Å². The number of nitriles is 1. The van der Waals surface area contributed by atoms with Gasteiger partial charge in [0.15, 0.2) is 0 Å². The summed E-state index contributed by atoms with van der Waals surface area (Å²) in [6, 6.07) is 11.7. The Bertz CT molecular complexity index is 605. The zero-order valence-corrected chi connectivity index (χ0v) is 12.5. The number of rotatable bonds is 3. The van der Waals surface area contributed by atoms with Gasteiger partial charge in [-0.2, -0.15) is 5.26 Å². The monoisotopic (exact) mass is 365 g/mol. The Labute approximate surface area is 122 Å². The van der Waals surface area contributed by atoms with Crippen molar-refractivity contribution in [2.75, 3.05) is 5.32 Å². The quantitative estimate of drug-likeness (QED) is 0.889. The van der Waals surface area contributed by atoms with Crippen LogP contribution in [0.3, 0.4) is 0 Å². The van der Waals surface area contributed by atoms with Crippen molar-refractivity contribution in [3.05, 3.63) is 56.7 Å². The van der Waals surface area contributed by atoms with Gasteiger partial charge in [-0.1, -0.05) is 22.0 Å². The summed E-state index contributed by atoms with van der Waals surface area (Å²) in [7, 11) is 0. The van der Waals surface area contributed by atoms with Crippen LogP contribution in [0.1, 0.15) is 11.3 Å². The predicted molar refractivity (Wildman–Crippen MR) is 78.1 cm³/mol. The molecule has 5 heteroatoms. The van der Waals surface area contributed by atoms with Crippen molar-refractivity contribution in [1.82, 2.24) is 4.98 Å². The van der Waals surface area contributed by atoms with Crippen molar-refractivity contribution in [3.63, 3.8) is 0 Å². The maximum Gasteiger partial charge on any atom is 0.145 e. The Kier molecular flexibility index (Phi) is 4.34. The number of aromatic nitrogens is 1. The lowest BCUT2D eigenvalue weighted by atomic mass is 10.2. The Balaban J connectivity index is 2.17. The van der Waals surface area contributed by atoms with Crippen LogP contribution in [0.4, 0.5) is 5.69 Å². The van der Waals surface area contributed by atoms with Crippen molar-refractivity contribution in [2.45, 2.75) is 6.54 Å². The van der Waals surface area contributed by atoms with E-state index in [2.05, 4.69) is 48.2 Å². The topological polar surface area (TPSA) is 48.7 Å². The highest BCUT2D eigenvalue weighted by Crippen LogP contribution is 2.26. The largest absolute Gasteiger partial charge is 0.380 e. The molecule has 1 heterocycles. The van der Waals surface area contributed by atoms with Gasteiger partial charge < -0.3 is 5.32 Å². The zero-order chi connectivity index (χ0) is 13.0. The van der Waals surface area contributed by atoms with Gasteiger partial charge in [-0.3, -0.25) is 0 Å². The standard InChI is InChI=1S/C13H9Br2N3/c14-10-3-4-11(15)12(6-10)18-8-9-2-1-5-17-13(9)7-16/h1-6,18H,8H2. The fourth-order valence-corrected chi connectivity index (χ4v) is 2.25. The van der Waals surface area contributed by atoms with Crippen LogP contribution in [0.2, 0.25) is 0 Å². The van der Waals surface area contributed by atoms with Crippen LogP contribution in [0.25, 0.3) is 0 Å². The minimum atomic E-state index is 0.455. The number of anilines is 1. The first-order valence-corrected chi connectivity index (χ1v) is 6.82. The number of hydrogen-bond acceptors (Lipinski definition) is 3. The van der Waals surface area contributed by atoms with E-state index in [4.69, 9.17) is 5.26 Å². The van der Waals surface area contributed by atoms with Crippen LogP contribution >= 0.6 is 31.9 Å². The highest BCUT2D eigenvalue weighted by Gasteiger charge is 2.04. The molecule has 0 spiro atoms. The van der Waals surface area contributed by atoms with E-state index in [0.29, 0.717) is 12.2 Å². The molecular weight excluding hydrogens is 358 g/mol. The summed E-state index contributed by atoms with van der Waals surface area (Å²) in [4.78, 5) is 4.03. The summed E-state index contributed by atoms with van der Waals surface area (Å²) in [5.74, 6) is 0. The second kappa shape index (κ2) is 5.98. The Morgan fingerprint density at radius 1 is 1.28 bits per heavy atom. The summed E-state index contributed by atoms with van der Waals surface area (Å²) < 4.78 is 1.98. The molecule has 0 unspecified atom stereocenters. The van der Waals surface area contributed by atoms with Crippen molar-refractivity contribution < 1.29 is 0 Å². The molecule has 0 bridgehead atoms. The highest BCUT2D eigenvalue weighted by molar-refractivity contribution is 9.11. The lowest BCUT2D eigenvalue weighted by Gasteiger charge is -2.09. The summed E-state index contributed by atoms with van der Waals surface area (Å²) in [6.45, 7) is 0.561. The molecule has 0 amide bonds. The van der Waals surface area contributed by atoms with E-state index >= 15 is 0 Å². The molecule has 2 aromatic rings. The molecule has 0 aliphatic heterocycles. The lowest BCUT2D eigenvalue weighted by Crippen LogP contribution is -2.03. The van der Waals surface area contributed by atoms with E-state index in [1.165, 1.54) is 0 Å². The summed E-state index contributed by atoms with van der Waals surface area (Å²) >= 11 is 6.90. The minimum Gasteiger partial charge on any atom is -0.380 e. The highest BCUT2D eigenvalue weighted by atomic mass is 79.9. The van der Waals surface area contributed by atoms with E-state index in [9.17, 15) is 0 Å². The third-order valence-corrected chi connectivity index (χ3v) is 3.58. The molecule has 1 aromatic heterocycles. The van der Waals surface area contributed by atoms with Crippen LogP contribution in [-0.4, -0.2) is 4.98 Å². The number of pyridine rings is 1. The molecule has 3 nitrogen and oxygen atoms in total. The van der Waals surface area contributed by atoms with Gasteiger partial charge in [0.25, 0.3) is 0 Å². The molecular formula is C13H9Br2N3. The summed E-state index contributed by atoms with van der Waals surface area (Å²) in [5, 5.41) is 12.2. The molecule has 0 aliphatic rings. The van der Waals surface area contributed by atoms with Gasteiger partial charge >= 0.3 is 0 Å². The summed E-state index contributed by atoms with van der Waals surface area (Å²) in [5.41, 5.74) is 2.31. The maximum absolute atomic E-state index is 8.96. The van der Waals surface area contributed by atoms with Crippen LogP contribution in [-0.2, 0) is 6.54 Å². The smallest absolute Gasteiger partial charge is 0.145 e. The predicted octanol–water partition coefficient (Wildman–Crippen LogP) is 4.09. The fraction of sp³-hybridized carbons (Fsp3) is 0.0769.